The quantitative estimate of drug-likeness (QED) is 0.381. The molecule has 0 unspecified atom stereocenters. The van der Waals surface area contributed by atoms with Crippen LogP contribution in [0.3, 0.4) is 0 Å². The zero-order chi connectivity index (χ0) is 24.9. The Morgan fingerprint density at radius 3 is 2.53 bits per heavy atom. The van der Waals surface area contributed by atoms with E-state index in [0.29, 0.717) is 32.4 Å². The minimum atomic E-state index is -1.23. The second-order valence-corrected chi connectivity index (χ2v) is 9.70. The van der Waals surface area contributed by atoms with Crippen molar-refractivity contribution in [3.8, 4) is 0 Å². The van der Waals surface area contributed by atoms with E-state index >= 15 is 0 Å². The Kier molecular flexibility index (Phi) is 8.67. The van der Waals surface area contributed by atoms with E-state index in [0.717, 1.165) is 31.4 Å². The number of likely N-dealkylation sites (tertiary alicyclic amines) is 2. The van der Waals surface area contributed by atoms with Gasteiger partial charge in [0.15, 0.2) is 0 Å². The third kappa shape index (κ3) is 5.59. The number of benzene rings is 1. The molecule has 5 atom stereocenters. The molecule has 1 aromatic carbocycles. The van der Waals surface area contributed by atoms with Gasteiger partial charge in [0.05, 0.1) is 12.1 Å². The fraction of sp³-hybridized carbons (Fsp3) is 0.640. The van der Waals surface area contributed by atoms with Gasteiger partial charge in [0.1, 0.15) is 11.6 Å². The maximum absolute atomic E-state index is 13.9. The van der Waals surface area contributed by atoms with Gasteiger partial charge in [-0.1, -0.05) is 37.3 Å². The molecule has 9 heteroatoms. The van der Waals surface area contributed by atoms with Gasteiger partial charge in [-0.25, -0.2) is 0 Å². The van der Waals surface area contributed by atoms with Crippen LogP contribution in [0.25, 0.3) is 0 Å². The van der Waals surface area contributed by atoms with Crippen LogP contribution < -0.4 is 16.8 Å². The van der Waals surface area contributed by atoms with E-state index < -0.39 is 29.5 Å². The lowest BCUT2D eigenvalue weighted by atomic mass is 9.86. The third-order valence-corrected chi connectivity index (χ3v) is 7.23. The lowest BCUT2D eigenvalue weighted by molar-refractivity contribution is -0.149. The molecule has 0 spiro atoms. The molecule has 0 aliphatic carbocycles. The predicted molar refractivity (Wildman–Crippen MR) is 129 cm³/mol. The zero-order valence-electron chi connectivity index (χ0n) is 20.3. The second-order valence-electron chi connectivity index (χ2n) is 9.70. The van der Waals surface area contributed by atoms with Crippen LogP contribution in [0.15, 0.2) is 30.3 Å². The first-order valence-corrected chi connectivity index (χ1v) is 12.3. The standard InChI is InChI=1S/C25H39N5O4/c1-3-19(26)16-29-13-7-11-20(29)23(33)30-14-8-12-25(30,15-18-9-5-4-6-10-18)24(34)28-21(17(2)31)22(27)32/h4-6,9-10,17,19-21,31H,3,7-8,11-16,26H2,1-2H3,(H2,27,32)(H,28,34)/t17-,19+,20+,21+,25-/m1/s1. The molecule has 188 valence electrons. The summed E-state index contributed by atoms with van der Waals surface area (Å²) < 4.78 is 0. The van der Waals surface area contributed by atoms with Gasteiger partial charge < -0.3 is 26.8 Å². The Hall–Kier alpha value is -2.49. The number of nitrogens with zero attached hydrogens (tertiary/aromatic N) is 2. The zero-order valence-corrected chi connectivity index (χ0v) is 20.3. The van der Waals surface area contributed by atoms with E-state index in [1.165, 1.54) is 6.92 Å². The van der Waals surface area contributed by atoms with E-state index in [2.05, 4.69) is 10.2 Å². The second kappa shape index (κ2) is 11.3. The molecule has 2 heterocycles. The SMILES string of the molecule is CC[C@H](N)CN1CCC[C@H]1C(=O)N1CCC[C@@]1(Cc1ccccc1)C(=O)N[C@H](C(N)=O)[C@@H](C)O. The highest BCUT2D eigenvalue weighted by molar-refractivity contribution is 5.96. The van der Waals surface area contributed by atoms with Crippen LogP contribution in [0.2, 0.25) is 0 Å². The maximum Gasteiger partial charge on any atom is 0.247 e. The van der Waals surface area contributed by atoms with Gasteiger partial charge in [-0.3, -0.25) is 19.3 Å². The highest BCUT2D eigenvalue weighted by Crippen LogP contribution is 2.36. The molecule has 34 heavy (non-hydrogen) atoms. The highest BCUT2D eigenvalue weighted by Gasteiger charge is 2.52. The average molecular weight is 474 g/mol. The molecule has 2 aliphatic rings. The van der Waals surface area contributed by atoms with E-state index in [1.54, 1.807) is 4.90 Å². The van der Waals surface area contributed by atoms with E-state index in [1.807, 2.05) is 37.3 Å². The fourth-order valence-electron chi connectivity index (χ4n) is 5.27. The van der Waals surface area contributed by atoms with Crippen LogP contribution in [-0.2, 0) is 20.8 Å². The molecule has 2 aliphatic heterocycles. The van der Waals surface area contributed by atoms with Crippen molar-refractivity contribution in [3.63, 3.8) is 0 Å². The molecule has 0 bridgehead atoms. The summed E-state index contributed by atoms with van der Waals surface area (Å²) in [6.45, 7) is 5.35. The van der Waals surface area contributed by atoms with Crippen molar-refractivity contribution in [2.75, 3.05) is 19.6 Å². The van der Waals surface area contributed by atoms with Crippen LogP contribution in [-0.4, -0.2) is 82.0 Å². The molecular weight excluding hydrogens is 434 g/mol. The van der Waals surface area contributed by atoms with Gasteiger partial charge in [0.2, 0.25) is 17.7 Å². The lowest BCUT2D eigenvalue weighted by Gasteiger charge is -2.41. The first-order chi connectivity index (χ1) is 16.2. The van der Waals surface area contributed by atoms with Crippen LogP contribution in [0, 0.1) is 0 Å². The van der Waals surface area contributed by atoms with Gasteiger partial charge in [0, 0.05) is 25.6 Å². The molecule has 1 aromatic rings. The molecule has 0 radical (unpaired) electrons. The lowest BCUT2D eigenvalue weighted by Crippen LogP contribution is -2.65. The van der Waals surface area contributed by atoms with Crippen molar-refractivity contribution in [1.29, 1.82) is 0 Å². The molecular formula is C25H39N5O4. The van der Waals surface area contributed by atoms with E-state index in [4.69, 9.17) is 11.5 Å². The number of carbonyl (C=O) groups excluding carboxylic acids is 3. The number of hydrogen-bond acceptors (Lipinski definition) is 6. The number of hydrogen-bond donors (Lipinski definition) is 4. The van der Waals surface area contributed by atoms with Crippen molar-refractivity contribution >= 4 is 17.7 Å². The number of nitrogens with two attached hydrogens (primary N) is 2. The van der Waals surface area contributed by atoms with Crippen molar-refractivity contribution in [2.24, 2.45) is 11.5 Å². The Balaban J connectivity index is 1.93. The molecule has 2 fully saturated rings. The minimum Gasteiger partial charge on any atom is -0.391 e. The number of primary amides is 1. The van der Waals surface area contributed by atoms with Crippen molar-refractivity contribution in [3.05, 3.63) is 35.9 Å². The summed E-state index contributed by atoms with van der Waals surface area (Å²) in [6.07, 6.45) is 2.76. The Labute approximate surface area is 201 Å². The van der Waals surface area contributed by atoms with Crippen LogP contribution in [0.4, 0.5) is 0 Å². The summed E-state index contributed by atoms with van der Waals surface area (Å²) in [5.41, 5.74) is 11.4. The first-order valence-electron chi connectivity index (χ1n) is 12.3. The molecule has 6 N–H and O–H groups in total. The molecule has 3 amide bonds. The normalized spacial score (nSPS) is 25.6. The van der Waals surface area contributed by atoms with E-state index in [-0.39, 0.29) is 18.0 Å². The number of aliphatic hydroxyl groups is 1. The molecule has 3 rings (SSSR count). The number of nitrogens with one attached hydrogen (secondary N) is 1. The summed E-state index contributed by atoms with van der Waals surface area (Å²) in [7, 11) is 0. The summed E-state index contributed by atoms with van der Waals surface area (Å²) in [5.74, 6) is -1.34. The highest BCUT2D eigenvalue weighted by atomic mass is 16.3. The van der Waals surface area contributed by atoms with Gasteiger partial charge in [0.25, 0.3) is 0 Å². The number of rotatable bonds is 10. The van der Waals surface area contributed by atoms with Crippen LogP contribution in [0.5, 0.6) is 0 Å². The van der Waals surface area contributed by atoms with Gasteiger partial charge in [-0.15, -0.1) is 0 Å². The van der Waals surface area contributed by atoms with Crippen molar-refractivity contribution < 1.29 is 19.5 Å². The van der Waals surface area contributed by atoms with Crippen LogP contribution >= 0.6 is 0 Å². The largest absolute Gasteiger partial charge is 0.391 e. The summed E-state index contributed by atoms with van der Waals surface area (Å²) in [5, 5.41) is 12.7. The Morgan fingerprint density at radius 2 is 1.91 bits per heavy atom. The van der Waals surface area contributed by atoms with Gasteiger partial charge >= 0.3 is 0 Å². The Morgan fingerprint density at radius 1 is 1.21 bits per heavy atom. The van der Waals surface area contributed by atoms with Gasteiger partial charge in [-0.2, -0.15) is 0 Å². The number of carbonyl (C=O) groups is 3. The monoisotopic (exact) mass is 473 g/mol. The molecule has 0 aromatic heterocycles. The van der Waals surface area contributed by atoms with Crippen LogP contribution in [0.1, 0.15) is 51.5 Å². The minimum absolute atomic E-state index is 0.00767. The third-order valence-electron chi connectivity index (χ3n) is 7.23. The average Bonchev–Trinajstić information content (AvgIpc) is 3.44. The first kappa shape index (κ1) is 26.1. The topological polar surface area (TPSA) is 142 Å². The van der Waals surface area contributed by atoms with Crippen molar-refractivity contribution in [1.82, 2.24) is 15.1 Å². The number of amides is 3. The number of aliphatic hydroxyl groups excluding tert-OH is 1. The molecule has 0 saturated carbocycles. The van der Waals surface area contributed by atoms with E-state index in [9.17, 15) is 19.5 Å². The van der Waals surface area contributed by atoms with Gasteiger partial charge in [-0.05, 0) is 51.1 Å². The summed E-state index contributed by atoms with van der Waals surface area (Å²) in [6, 6.07) is 8.00. The Bertz CT molecular complexity index is 864. The summed E-state index contributed by atoms with van der Waals surface area (Å²) in [4.78, 5) is 43.4. The van der Waals surface area contributed by atoms with Crippen molar-refractivity contribution in [2.45, 2.75) is 82.1 Å². The fourth-order valence-corrected chi connectivity index (χ4v) is 5.27. The predicted octanol–water partition coefficient (Wildman–Crippen LogP) is 0.143. The smallest absolute Gasteiger partial charge is 0.247 e. The molecule has 9 nitrogen and oxygen atoms in total. The maximum atomic E-state index is 13.9. The molecule has 2 saturated heterocycles. The summed E-state index contributed by atoms with van der Waals surface area (Å²) >= 11 is 0.